The van der Waals surface area contributed by atoms with Gasteiger partial charge in [0.25, 0.3) is 0 Å². The number of nitrogens with one attached hydrogen (secondary N) is 1. The Hall–Kier alpha value is -1.75. The number of oxime groups is 1. The van der Waals surface area contributed by atoms with Crippen LogP contribution in [0.3, 0.4) is 0 Å². The molecule has 1 aromatic carbocycles. The van der Waals surface area contributed by atoms with Gasteiger partial charge >= 0.3 is 0 Å². The number of carbonyl (C=O) groups excluding carboxylic acids is 1. The molecule has 0 aliphatic carbocycles. The van der Waals surface area contributed by atoms with Gasteiger partial charge in [-0.3, -0.25) is 10.1 Å². The normalized spacial score (nSPS) is 12.5. The van der Waals surface area contributed by atoms with Gasteiger partial charge in [0.2, 0.25) is 11.9 Å². The molecular formula is C24H40ClN3O2. The highest BCUT2D eigenvalue weighted by molar-refractivity contribution is 6.31. The third-order valence-electron chi connectivity index (χ3n) is 5.08. The maximum absolute atomic E-state index is 12.1. The van der Waals surface area contributed by atoms with Crippen molar-refractivity contribution >= 4 is 23.5 Å². The standard InChI is InChI=1S/C24H40ClN3O2/c1-2-3-4-5-6-7-8-9-10-11-12-16-19-22(25)23(29)27-24(26)28-30-20-21-17-14-13-15-18-21/h13-15,17-18,22H,2-12,16,19-20H2,1H3,(H3,26,27,28,29). The SMILES string of the molecule is CCCCCCCCCCCCCCC(Cl)C(=O)N/C(N)=N/OCc1ccccc1. The number of nitrogens with zero attached hydrogens (tertiary/aromatic N) is 1. The van der Waals surface area contributed by atoms with Crippen LogP contribution in [0.2, 0.25) is 0 Å². The summed E-state index contributed by atoms with van der Waals surface area (Å²) >= 11 is 6.18. The summed E-state index contributed by atoms with van der Waals surface area (Å²) in [5, 5.41) is 5.60. The van der Waals surface area contributed by atoms with Crippen LogP contribution in [0.5, 0.6) is 0 Å². The fraction of sp³-hybridized carbons (Fsp3) is 0.667. The van der Waals surface area contributed by atoms with Gasteiger partial charge in [-0.25, -0.2) is 0 Å². The molecule has 3 N–H and O–H groups in total. The molecule has 0 bridgehead atoms. The summed E-state index contributed by atoms with van der Waals surface area (Å²) in [4.78, 5) is 17.2. The second-order valence-corrected chi connectivity index (χ2v) is 8.40. The summed E-state index contributed by atoms with van der Waals surface area (Å²) < 4.78 is 0. The van der Waals surface area contributed by atoms with Crippen molar-refractivity contribution in [3.8, 4) is 0 Å². The van der Waals surface area contributed by atoms with Gasteiger partial charge in [-0.1, -0.05) is 114 Å². The van der Waals surface area contributed by atoms with E-state index in [2.05, 4.69) is 17.4 Å². The van der Waals surface area contributed by atoms with Crippen LogP contribution in [0.15, 0.2) is 35.5 Å². The van der Waals surface area contributed by atoms with Crippen LogP contribution < -0.4 is 11.1 Å². The lowest BCUT2D eigenvalue weighted by atomic mass is 10.0. The smallest absolute Gasteiger partial charge is 0.244 e. The fourth-order valence-corrected chi connectivity index (χ4v) is 3.48. The number of halogens is 1. The van der Waals surface area contributed by atoms with Crippen LogP contribution in [0.25, 0.3) is 0 Å². The number of nitrogens with two attached hydrogens (primary N) is 1. The third kappa shape index (κ3) is 14.3. The van der Waals surface area contributed by atoms with Gasteiger partial charge in [-0.15, -0.1) is 11.6 Å². The molecule has 1 aromatic rings. The zero-order chi connectivity index (χ0) is 21.9. The molecule has 0 saturated carbocycles. The number of rotatable bonds is 17. The first-order valence-corrected chi connectivity index (χ1v) is 12.0. The molecule has 0 fully saturated rings. The van der Waals surface area contributed by atoms with Crippen LogP contribution in [0.1, 0.15) is 96.0 Å². The zero-order valence-corrected chi connectivity index (χ0v) is 19.3. The van der Waals surface area contributed by atoms with E-state index in [0.29, 0.717) is 13.0 Å². The number of amides is 1. The minimum Gasteiger partial charge on any atom is -0.388 e. The molecule has 0 radical (unpaired) electrons. The van der Waals surface area contributed by atoms with Crippen LogP contribution in [-0.4, -0.2) is 17.2 Å². The van der Waals surface area contributed by atoms with Crippen LogP contribution in [-0.2, 0) is 16.2 Å². The highest BCUT2D eigenvalue weighted by Gasteiger charge is 2.15. The van der Waals surface area contributed by atoms with Crippen molar-refractivity contribution in [3.63, 3.8) is 0 Å². The highest BCUT2D eigenvalue weighted by atomic mass is 35.5. The van der Waals surface area contributed by atoms with Crippen molar-refractivity contribution < 1.29 is 9.63 Å². The van der Waals surface area contributed by atoms with E-state index in [1.54, 1.807) is 0 Å². The minimum absolute atomic E-state index is 0.0729. The first kappa shape index (κ1) is 26.3. The monoisotopic (exact) mass is 437 g/mol. The summed E-state index contributed by atoms with van der Waals surface area (Å²) in [6.45, 7) is 2.55. The topological polar surface area (TPSA) is 76.7 Å². The molecule has 0 saturated heterocycles. The Bertz CT molecular complexity index is 581. The van der Waals surface area contributed by atoms with Crippen molar-refractivity contribution in [1.82, 2.24) is 5.32 Å². The number of carbonyl (C=O) groups is 1. The summed E-state index contributed by atoms with van der Waals surface area (Å²) in [5.41, 5.74) is 6.65. The first-order chi connectivity index (χ1) is 14.6. The average molecular weight is 438 g/mol. The first-order valence-electron chi connectivity index (χ1n) is 11.6. The van der Waals surface area contributed by atoms with Crippen molar-refractivity contribution in [3.05, 3.63) is 35.9 Å². The quantitative estimate of drug-likeness (QED) is 0.0993. The van der Waals surface area contributed by atoms with Crippen molar-refractivity contribution in [1.29, 1.82) is 0 Å². The van der Waals surface area contributed by atoms with E-state index in [4.69, 9.17) is 22.2 Å². The second kappa shape index (κ2) is 18.1. The summed E-state index contributed by atoms with van der Waals surface area (Å²) in [7, 11) is 0. The molecule has 0 spiro atoms. The highest BCUT2D eigenvalue weighted by Crippen LogP contribution is 2.14. The average Bonchev–Trinajstić information content (AvgIpc) is 2.75. The summed E-state index contributed by atoms with van der Waals surface area (Å²) in [5.74, 6) is -0.402. The number of unbranched alkanes of at least 4 members (excludes halogenated alkanes) is 11. The largest absolute Gasteiger partial charge is 0.388 e. The van der Waals surface area contributed by atoms with Gasteiger partial charge in [0, 0.05) is 0 Å². The van der Waals surface area contributed by atoms with E-state index in [0.717, 1.165) is 18.4 Å². The van der Waals surface area contributed by atoms with E-state index < -0.39 is 5.38 Å². The predicted molar refractivity (Wildman–Crippen MR) is 126 cm³/mol. The number of benzene rings is 1. The Labute approximate surface area is 187 Å². The molecule has 1 atom stereocenters. The molecule has 30 heavy (non-hydrogen) atoms. The molecule has 1 rings (SSSR count). The molecular weight excluding hydrogens is 398 g/mol. The number of hydrogen-bond acceptors (Lipinski definition) is 3. The third-order valence-corrected chi connectivity index (χ3v) is 5.50. The Balaban J connectivity index is 1.99. The summed E-state index contributed by atoms with van der Waals surface area (Å²) in [6.07, 6.45) is 16.0. The van der Waals surface area contributed by atoms with Gasteiger partial charge < -0.3 is 10.6 Å². The van der Waals surface area contributed by atoms with Crippen molar-refractivity contribution in [2.75, 3.05) is 0 Å². The molecule has 0 aliphatic rings. The van der Waals surface area contributed by atoms with Crippen molar-refractivity contribution in [2.24, 2.45) is 10.9 Å². The number of guanidine groups is 1. The van der Waals surface area contributed by atoms with Crippen molar-refractivity contribution in [2.45, 2.75) is 102 Å². The Morgan fingerprint density at radius 1 is 0.967 bits per heavy atom. The molecule has 0 heterocycles. The maximum Gasteiger partial charge on any atom is 0.244 e. The molecule has 0 aliphatic heterocycles. The lowest BCUT2D eigenvalue weighted by Gasteiger charge is -2.10. The zero-order valence-electron chi connectivity index (χ0n) is 18.6. The number of alkyl halides is 1. The van der Waals surface area contributed by atoms with Crippen LogP contribution in [0, 0.1) is 0 Å². The van der Waals surface area contributed by atoms with Gasteiger partial charge in [0.1, 0.15) is 12.0 Å². The van der Waals surface area contributed by atoms with Gasteiger partial charge in [-0.2, -0.15) is 0 Å². The van der Waals surface area contributed by atoms with E-state index >= 15 is 0 Å². The Kier molecular flexibility index (Phi) is 15.8. The summed E-state index contributed by atoms with van der Waals surface area (Å²) in [6, 6.07) is 9.61. The predicted octanol–water partition coefficient (Wildman–Crippen LogP) is 6.25. The van der Waals surface area contributed by atoms with E-state index in [1.807, 2.05) is 30.3 Å². The molecule has 170 valence electrons. The van der Waals surface area contributed by atoms with Gasteiger partial charge in [-0.05, 0) is 17.1 Å². The molecule has 1 unspecified atom stereocenters. The minimum atomic E-state index is -0.601. The molecule has 0 aromatic heterocycles. The van der Waals surface area contributed by atoms with E-state index in [1.165, 1.54) is 64.2 Å². The molecule has 1 amide bonds. The lowest BCUT2D eigenvalue weighted by molar-refractivity contribution is -0.119. The van der Waals surface area contributed by atoms with E-state index in [9.17, 15) is 4.79 Å². The maximum atomic E-state index is 12.1. The Morgan fingerprint density at radius 3 is 2.07 bits per heavy atom. The second-order valence-electron chi connectivity index (χ2n) is 7.87. The number of hydrogen-bond donors (Lipinski definition) is 2. The molecule has 6 heteroatoms. The van der Waals surface area contributed by atoms with Crippen LogP contribution in [0.4, 0.5) is 0 Å². The van der Waals surface area contributed by atoms with Gasteiger partial charge in [0.05, 0.1) is 0 Å². The van der Waals surface area contributed by atoms with Crippen LogP contribution >= 0.6 is 11.6 Å². The fourth-order valence-electron chi connectivity index (χ4n) is 3.27. The van der Waals surface area contributed by atoms with Gasteiger partial charge in [0.15, 0.2) is 0 Å². The lowest BCUT2D eigenvalue weighted by Crippen LogP contribution is -2.41. The van der Waals surface area contributed by atoms with E-state index in [-0.39, 0.29) is 11.9 Å². The molecule has 5 nitrogen and oxygen atoms in total. The Morgan fingerprint density at radius 2 is 1.50 bits per heavy atom.